The van der Waals surface area contributed by atoms with E-state index in [1.807, 2.05) is 12.1 Å². The van der Waals surface area contributed by atoms with Gasteiger partial charge >= 0.3 is 6.09 Å². The van der Waals surface area contributed by atoms with E-state index in [9.17, 15) is 19.5 Å². The van der Waals surface area contributed by atoms with Crippen LogP contribution < -0.4 is 10.2 Å². The SMILES string of the molecule is CC(=O)NC[C@H]1CN(c2ccc3c(c2)CCC/C(=C\c2ccc(O)cc2)C3=O)C(=O)O1. The zero-order valence-corrected chi connectivity index (χ0v) is 17.3. The summed E-state index contributed by atoms with van der Waals surface area (Å²) in [6.07, 6.45) is 3.23. The highest BCUT2D eigenvalue weighted by Crippen LogP contribution is 2.30. The fourth-order valence-electron chi connectivity index (χ4n) is 3.94. The number of nitrogens with zero attached hydrogens (tertiary/aromatic N) is 1. The summed E-state index contributed by atoms with van der Waals surface area (Å²) in [4.78, 5) is 38.1. The largest absolute Gasteiger partial charge is 0.508 e. The molecule has 1 aliphatic carbocycles. The quantitative estimate of drug-likeness (QED) is 0.583. The number of allylic oxidation sites excluding steroid dienone is 1. The molecule has 1 fully saturated rings. The highest BCUT2D eigenvalue weighted by Gasteiger charge is 2.33. The van der Waals surface area contributed by atoms with Gasteiger partial charge in [0.05, 0.1) is 13.1 Å². The third-order valence-electron chi connectivity index (χ3n) is 5.52. The Bertz CT molecular complexity index is 1060. The number of hydrogen-bond acceptors (Lipinski definition) is 5. The number of anilines is 1. The predicted octanol–water partition coefficient (Wildman–Crippen LogP) is 3.46. The average molecular weight is 420 g/mol. The minimum Gasteiger partial charge on any atom is -0.508 e. The molecule has 0 saturated carbocycles. The van der Waals surface area contributed by atoms with Crippen molar-refractivity contribution in [3.05, 3.63) is 64.7 Å². The minimum absolute atomic E-state index is 0.0142. The molecule has 1 atom stereocenters. The van der Waals surface area contributed by atoms with Crippen LogP contribution >= 0.6 is 0 Å². The molecule has 0 unspecified atom stereocenters. The zero-order chi connectivity index (χ0) is 22.0. The zero-order valence-electron chi connectivity index (χ0n) is 17.3. The highest BCUT2D eigenvalue weighted by atomic mass is 16.6. The smallest absolute Gasteiger partial charge is 0.414 e. The molecule has 7 heteroatoms. The maximum absolute atomic E-state index is 13.1. The van der Waals surface area contributed by atoms with Crippen molar-refractivity contribution in [1.82, 2.24) is 5.32 Å². The number of ether oxygens (including phenoxy) is 1. The van der Waals surface area contributed by atoms with Crippen LogP contribution in [0.2, 0.25) is 0 Å². The Hall–Kier alpha value is -3.61. The number of ketones is 1. The molecule has 2 aliphatic rings. The molecule has 160 valence electrons. The van der Waals surface area contributed by atoms with E-state index >= 15 is 0 Å². The predicted molar refractivity (Wildman–Crippen MR) is 116 cm³/mol. The number of rotatable bonds is 4. The van der Waals surface area contributed by atoms with Crippen molar-refractivity contribution < 1.29 is 24.2 Å². The molecule has 2 N–H and O–H groups in total. The Kier molecular flexibility index (Phi) is 5.75. The van der Waals surface area contributed by atoms with Crippen LogP contribution in [-0.4, -0.2) is 42.1 Å². The first-order chi connectivity index (χ1) is 14.9. The van der Waals surface area contributed by atoms with Crippen LogP contribution in [0.4, 0.5) is 10.5 Å². The molecule has 31 heavy (non-hydrogen) atoms. The van der Waals surface area contributed by atoms with Crippen molar-refractivity contribution >= 4 is 29.5 Å². The fraction of sp³-hybridized carbons (Fsp3) is 0.292. The molecule has 1 heterocycles. The maximum Gasteiger partial charge on any atom is 0.414 e. The van der Waals surface area contributed by atoms with E-state index in [1.165, 1.54) is 11.8 Å². The van der Waals surface area contributed by atoms with Gasteiger partial charge in [0.25, 0.3) is 0 Å². The second-order valence-corrected chi connectivity index (χ2v) is 7.84. The summed E-state index contributed by atoms with van der Waals surface area (Å²) < 4.78 is 5.34. The molecule has 1 aliphatic heterocycles. The number of carbonyl (C=O) groups is 3. The van der Waals surface area contributed by atoms with Gasteiger partial charge in [-0.2, -0.15) is 0 Å². The van der Waals surface area contributed by atoms with E-state index < -0.39 is 12.2 Å². The second-order valence-electron chi connectivity index (χ2n) is 7.84. The molecule has 0 aromatic heterocycles. The van der Waals surface area contributed by atoms with Crippen molar-refractivity contribution in [2.45, 2.75) is 32.3 Å². The summed E-state index contributed by atoms with van der Waals surface area (Å²) in [5.74, 6) is 0.000773. The Morgan fingerprint density at radius 1 is 1.19 bits per heavy atom. The molecule has 2 aromatic rings. The van der Waals surface area contributed by atoms with E-state index in [4.69, 9.17) is 4.74 Å². The number of nitrogens with one attached hydrogen (secondary N) is 1. The Morgan fingerprint density at radius 3 is 2.71 bits per heavy atom. The Labute approximate surface area is 180 Å². The number of amides is 2. The van der Waals surface area contributed by atoms with Gasteiger partial charge < -0.3 is 15.2 Å². The van der Waals surface area contributed by atoms with Crippen molar-refractivity contribution in [3.63, 3.8) is 0 Å². The first kappa shape index (κ1) is 20.7. The second kappa shape index (κ2) is 8.63. The van der Waals surface area contributed by atoms with E-state index in [-0.39, 0.29) is 24.0 Å². The number of aryl methyl sites for hydroxylation is 1. The summed E-state index contributed by atoms with van der Waals surface area (Å²) in [5, 5.41) is 12.1. The molecular weight excluding hydrogens is 396 g/mol. The van der Waals surface area contributed by atoms with Crippen molar-refractivity contribution in [1.29, 1.82) is 0 Å². The van der Waals surface area contributed by atoms with Gasteiger partial charge in [0, 0.05) is 23.7 Å². The number of cyclic esters (lactones) is 1. The van der Waals surface area contributed by atoms with Gasteiger partial charge in [-0.1, -0.05) is 12.1 Å². The van der Waals surface area contributed by atoms with Gasteiger partial charge in [0.15, 0.2) is 5.78 Å². The van der Waals surface area contributed by atoms with Crippen molar-refractivity contribution in [3.8, 4) is 5.75 Å². The molecular formula is C24H24N2O5. The third-order valence-corrected chi connectivity index (χ3v) is 5.52. The van der Waals surface area contributed by atoms with Gasteiger partial charge in [0.2, 0.25) is 5.91 Å². The number of phenolic OH excluding ortho intramolecular Hbond substituents is 1. The summed E-state index contributed by atoms with van der Waals surface area (Å²) in [6.45, 7) is 2.03. The van der Waals surface area contributed by atoms with Gasteiger partial charge in [-0.05, 0) is 66.8 Å². The molecule has 0 spiro atoms. The average Bonchev–Trinajstić information content (AvgIpc) is 3.05. The standard InChI is InChI=1S/C24H24N2O5/c1-15(27)25-13-21-14-26(24(30)31-21)19-7-10-22-17(12-19)3-2-4-18(23(22)29)11-16-5-8-20(28)9-6-16/h5-12,21,28H,2-4,13-14H2,1H3,(H,25,27)/b18-11+/t21-/m0/s1. The number of fused-ring (bicyclic) bond motifs is 1. The van der Waals surface area contributed by atoms with Crippen LogP contribution in [0.15, 0.2) is 48.0 Å². The Morgan fingerprint density at radius 2 is 1.97 bits per heavy atom. The molecule has 2 amide bonds. The van der Waals surface area contributed by atoms with Gasteiger partial charge in [-0.3, -0.25) is 14.5 Å². The molecule has 7 nitrogen and oxygen atoms in total. The first-order valence-electron chi connectivity index (χ1n) is 10.3. The van der Waals surface area contributed by atoms with E-state index in [1.54, 1.807) is 36.4 Å². The van der Waals surface area contributed by atoms with Crippen LogP contribution in [0.3, 0.4) is 0 Å². The minimum atomic E-state index is -0.455. The van der Waals surface area contributed by atoms with Crippen LogP contribution in [-0.2, 0) is 16.0 Å². The van der Waals surface area contributed by atoms with E-state index in [0.29, 0.717) is 24.2 Å². The third kappa shape index (κ3) is 4.60. The topological polar surface area (TPSA) is 95.9 Å². The lowest BCUT2D eigenvalue weighted by Gasteiger charge is -2.16. The number of phenols is 1. The lowest BCUT2D eigenvalue weighted by atomic mass is 9.97. The normalized spacial score (nSPS) is 19.7. The summed E-state index contributed by atoms with van der Waals surface area (Å²) in [6, 6.07) is 12.2. The van der Waals surface area contributed by atoms with Gasteiger partial charge in [-0.15, -0.1) is 0 Å². The summed E-state index contributed by atoms with van der Waals surface area (Å²) >= 11 is 0. The number of hydrogen-bond donors (Lipinski definition) is 2. The van der Waals surface area contributed by atoms with Crippen LogP contribution in [0.25, 0.3) is 6.08 Å². The fourth-order valence-corrected chi connectivity index (χ4v) is 3.94. The van der Waals surface area contributed by atoms with Crippen molar-refractivity contribution in [2.75, 3.05) is 18.0 Å². The van der Waals surface area contributed by atoms with Crippen LogP contribution in [0.5, 0.6) is 5.75 Å². The maximum atomic E-state index is 13.1. The monoisotopic (exact) mass is 420 g/mol. The molecule has 1 saturated heterocycles. The molecule has 2 aromatic carbocycles. The van der Waals surface area contributed by atoms with Crippen LogP contribution in [0.1, 0.15) is 41.3 Å². The molecule has 0 bridgehead atoms. The van der Waals surface area contributed by atoms with Gasteiger partial charge in [-0.25, -0.2) is 4.79 Å². The van der Waals surface area contributed by atoms with Crippen LogP contribution in [0, 0.1) is 0 Å². The van der Waals surface area contributed by atoms with Gasteiger partial charge in [0.1, 0.15) is 11.9 Å². The molecule has 4 rings (SSSR count). The highest BCUT2D eigenvalue weighted by molar-refractivity contribution is 6.12. The van der Waals surface area contributed by atoms with E-state index in [0.717, 1.165) is 29.5 Å². The number of aromatic hydroxyl groups is 1. The number of Topliss-reactive ketones (excluding diaryl/α,β-unsaturated/α-hetero) is 1. The molecule has 0 radical (unpaired) electrons. The lowest BCUT2D eigenvalue weighted by molar-refractivity contribution is -0.119. The summed E-state index contributed by atoms with van der Waals surface area (Å²) in [5.41, 5.74) is 3.84. The number of benzene rings is 2. The lowest BCUT2D eigenvalue weighted by Crippen LogP contribution is -2.33. The summed E-state index contributed by atoms with van der Waals surface area (Å²) in [7, 11) is 0. The number of carbonyl (C=O) groups excluding carboxylic acids is 3. The van der Waals surface area contributed by atoms with E-state index in [2.05, 4.69) is 5.32 Å². The Balaban J connectivity index is 1.55. The first-order valence-corrected chi connectivity index (χ1v) is 10.3. The van der Waals surface area contributed by atoms with Crippen molar-refractivity contribution in [2.24, 2.45) is 0 Å².